The molecule has 0 spiro atoms. The highest BCUT2D eigenvalue weighted by Gasteiger charge is 2.20. The van der Waals surface area contributed by atoms with Crippen LogP contribution in [0, 0.1) is 5.92 Å². The van der Waals surface area contributed by atoms with Crippen LogP contribution in [0.25, 0.3) is 0 Å². The van der Waals surface area contributed by atoms with Crippen LogP contribution in [0.15, 0.2) is 0 Å². The van der Waals surface area contributed by atoms with Gasteiger partial charge >= 0.3 is 5.97 Å². The maximum atomic E-state index is 11.0. The smallest absolute Gasteiger partial charge is 0.309 e. The van der Waals surface area contributed by atoms with Gasteiger partial charge in [-0.15, -0.1) is 0 Å². The predicted octanol–water partition coefficient (Wildman–Crippen LogP) is 0.909. The molecule has 0 amide bonds. The van der Waals surface area contributed by atoms with E-state index in [1.54, 1.807) is 11.8 Å². The molecule has 0 saturated heterocycles. The summed E-state index contributed by atoms with van der Waals surface area (Å²) in [6.07, 6.45) is 0. The topological polar surface area (TPSA) is 46.5 Å². The highest BCUT2D eigenvalue weighted by molar-refractivity contribution is 7.99. The Balaban J connectivity index is 3.75. The van der Waals surface area contributed by atoms with Crippen molar-refractivity contribution in [2.45, 2.75) is 19.1 Å². The summed E-state index contributed by atoms with van der Waals surface area (Å²) >= 11 is 1.58. The van der Waals surface area contributed by atoms with Crippen molar-refractivity contribution in [3.63, 3.8) is 0 Å². The number of hydrogen-bond acceptors (Lipinski definition) is 4. The third-order valence-corrected chi connectivity index (χ3v) is 3.10. The van der Waals surface area contributed by atoms with E-state index in [0.717, 1.165) is 0 Å². The van der Waals surface area contributed by atoms with Gasteiger partial charge in [-0.05, 0) is 0 Å². The number of hydrogen-bond donors (Lipinski definition) is 1. The number of thioether (sulfide) groups is 1. The minimum absolute atomic E-state index is 0.105. The summed E-state index contributed by atoms with van der Waals surface area (Å²) in [6, 6.07) is 0. The van der Waals surface area contributed by atoms with Crippen molar-refractivity contribution in [2.75, 3.05) is 19.5 Å². The normalized spacial score (nSPS) is 15.3. The molecular formula is C8H16O3S. The summed E-state index contributed by atoms with van der Waals surface area (Å²) < 4.78 is 4.60. The Labute approximate surface area is 77.5 Å². The molecule has 0 saturated carbocycles. The average Bonchev–Trinajstić information content (AvgIpc) is 2.11. The fraction of sp³-hybridized carbons (Fsp3) is 0.875. The monoisotopic (exact) mass is 192 g/mol. The standard InChI is InChI=1S/C8H16O3S/c1-6(8(10)11-3)7(2)12-5-4-9/h6-7,9H,4-5H2,1-3H3. The number of aliphatic hydroxyl groups excluding tert-OH is 1. The summed E-state index contributed by atoms with van der Waals surface area (Å²) in [5.41, 5.74) is 0. The fourth-order valence-corrected chi connectivity index (χ4v) is 1.64. The molecule has 0 bridgehead atoms. The predicted molar refractivity (Wildman–Crippen MR) is 50.2 cm³/mol. The Morgan fingerprint density at radius 1 is 1.58 bits per heavy atom. The molecule has 72 valence electrons. The van der Waals surface area contributed by atoms with Crippen LogP contribution in [-0.2, 0) is 9.53 Å². The van der Waals surface area contributed by atoms with Crippen molar-refractivity contribution in [3.05, 3.63) is 0 Å². The first kappa shape index (κ1) is 11.8. The third-order valence-electron chi connectivity index (χ3n) is 1.75. The number of rotatable bonds is 5. The van der Waals surface area contributed by atoms with Crippen molar-refractivity contribution in [1.29, 1.82) is 0 Å². The summed E-state index contributed by atoms with van der Waals surface area (Å²) in [5, 5.41) is 8.75. The van der Waals surface area contributed by atoms with Crippen LogP contribution in [-0.4, -0.2) is 35.8 Å². The molecule has 4 heteroatoms. The molecule has 0 aliphatic heterocycles. The lowest BCUT2D eigenvalue weighted by Gasteiger charge is -2.16. The number of ether oxygens (including phenoxy) is 1. The minimum Gasteiger partial charge on any atom is -0.469 e. The van der Waals surface area contributed by atoms with Gasteiger partial charge in [0.2, 0.25) is 0 Å². The fourth-order valence-electron chi connectivity index (χ4n) is 0.760. The number of carbonyl (C=O) groups excluding carboxylic acids is 1. The SMILES string of the molecule is COC(=O)C(C)C(C)SCCO. The first-order valence-corrected chi connectivity index (χ1v) is 4.98. The Kier molecular flexibility index (Phi) is 6.20. The molecular weight excluding hydrogens is 176 g/mol. The van der Waals surface area contributed by atoms with Gasteiger partial charge in [-0.2, -0.15) is 11.8 Å². The Bertz CT molecular complexity index is 138. The Morgan fingerprint density at radius 2 is 2.17 bits per heavy atom. The van der Waals surface area contributed by atoms with Crippen LogP contribution in [0.2, 0.25) is 0 Å². The molecule has 0 aliphatic rings. The molecule has 12 heavy (non-hydrogen) atoms. The van der Waals surface area contributed by atoms with Gasteiger partial charge in [0, 0.05) is 11.0 Å². The first-order valence-electron chi connectivity index (χ1n) is 3.93. The maximum absolute atomic E-state index is 11.0. The van der Waals surface area contributed by atoms with Gasteiger partial charge in [0.1, 0.15) is 0 Å². The van der Waals surface area contributed by atoms with E-state index in [1.165, 1.54) is 7.11 Å². The summed E-state index contributed by atoms with van der Waals surface area (Å²) in [4.78, 5) is 11.0. The highest BCUT2D eigenvalue weighted by Crippen LogP contribution is 2.19. The van der Waals surface area contributed by atoms with E-state index < -0.39 is 0 Å². The van der Waals surface area contributed by atoms with Crippen LogP contribution in [0.5, 0.6) is 0 Å². The summed E-state index contributed by atoms with van der Waals surface area (Å²) in [5.74, 6) is 0.377. The van der Waals surface area contributed by atoms with E-state index >= 15 is 0 Å². The Morgan fingerprint density at radius 3 is 2.58 bits per heavy atom. The van der Waals surface area contributed by atoms with Gasteiger partial charge in [-0.1, -0.05) is 13.8 Å². The van der Waals surface area contributed by atoms with E-state index in [2.05, 4.69) is 4.74 Å². The van der Waals surface area contributed by atoms with Crippen molar-refractivity contribution >= 4 is 17.7 Å². The Hall–Kier alpha value is -0.220. The van der Waals surface area contributed by atoms with Crippen LogP contribution in [0.4, 0.5) is 0 Å². The lowest BCUT2D eigenvalue weighted by Crippen LogP contribution is -2.22. The van der Waals surface area contributed by atoms with Gasteiger partial charge in [0.05, 0.1) is 19.6 Å². The summed E-state index contributed by atoms with van der Waals surface area (Å²) in [6.45, 7) is 3.95. The number of methoxy groups -OCH3 is 1. The molecule has 0 radical (unpaired) electrons. The lowest BCUT2D eigenvalue weighted by atomic mass is 10.1. The van der Waals surface area contributed by atoms with E-state index in [9.17, 15) is 4.79 Å². The molecule has 0 aliphatic carbocycles. The van der Waals surface area contributed by atoms with E-state index in [-0.39, 0.29) is 23.7 Å². The zero-order valence-electron chi connectivity index (χ0n) is 7.74. The van der Waals surface area contributed by atoms with Crippen LogP contribution >= 0.6 is 11.8 Å². The quantitative estimate of drug-likeness (QED) is 0.658. The van der Waals surface area contributed by atoms with Gasteiger partial charge in [0.25, 0.3) is 0 Å². The largest absolute Gasteiger partial charge is 0.469 e. The zero-order chi connectivity index (χ0) is 9.56. The van der Waals surface area contributed by atoms with E-state index in [4.69, 9.17) is 5.11 Å². The van der Waals surface area contributed by atoms with Crippen molar-refractivity contribution in [1.82, 2.24) is 0 Å². The van der Waals surface area contributed by atoms with Gasteiger partial charge < -0.3 is 9.84 Å². The third kappa shape index (κ3) is 3.97. The maximum Gasteiger partial charge on any atom is 0.309 e. The van der Waals surface area contributed by atoms with Crippen molar-refractivity contribution in [2.24, 2.45) is 5.92 Å². The molecule has 0 aromatic rings. The minimum atomic E-state index is -0.187. The highest BCUT2D eigenvalue weighted by atomic mass is 32.2. The molecule has 0 heterocycles. The van der Waals surface area contributed by atoms with Crippen molar-refractivity contribution < 1.29 is 14.6 Å². The molecule has 0 aromatic carbocycles. The molecule has 1 N–H and O–H groups in total. The van der Waals surface area contributed by atoms with E-state index in [0.29, 0.717) is 5.75 Å². The number of aliphatic hydroxyl groups is 1. The van der Waals surface area contributed by atoms with Crippen molar-refractivity contribution in [3.8, 4) is 0 Å². The second kappa shape index (κ2) is 6.31. The van der Waals surface area contributed by atoms with Gasteiger partial charge in [0.15, 0.2) is 0 Å². The van der Waals surface area contributed by atoms with Crippen LogP contribution in [0.1, 0.15) is 13.8 Å². The van der Waals surface area contributed by atoms with Gasteiger partial charge in [-0.25, -0.2) is 0 Å². The van der Waals surface area contributed by atoms with E-state index in [1.807, 2.05) is 13.8 Å². The number of carbonyl (C=O) groups is 1. The number of esters is 1. The first-order chi connectivity index (χ1) is 5.63. The molecule has 2 unspecified atom stereocenters. The molecule has 0 rings (SSSR count). The molecule has 0 fully saturated rings. The molecule has 2 atom stereocenters. The molecule has 0 aromatic heterocycles. The second-order valence-electron chi connectivity index (χ2n) is 2.61. The average molecular weight is 192 g/mol. The lowest BCUT2D eigenvalue weighted by molar-refractivity contribution is -0.144. The van der Waals surface area contributed by atoms with Gasteiger partial charge in [-0.3, -0.25) is 4.79 Å². The summed E-state index contributed by atoms with van der Waals surface area (Å²) in [7, 11) is 1.39. The zero-order valence-corrected chi connectivity index (χ0v) is 8.56. The van der Waals surface area contributed by atoms with Crippen LogP contribution < -0.4 is 0 Å². The molecule has 3 nitrogen and oxygen atoms in total. The van der Waals surface area contributed by atoms with Crippen LogP contribution in [0.3, 0.4) is 0 Å². The second-order valence-corrected chi connectivity index (χ2v) is 4.10.